The van der Waals surface area contributed by atoms with Crippen molar-refractivity contribution in [3.05, 3.63) is 53.0 Å². The van der Waals surface area contributed by atoms with Crippen LogP contribution in [0.4, 0.5) is 0 Å². The van der Waals surface area contributed by atoms with Crippen molar-refractivity contribution in [2.45, 2.75) is 56.8 Å². The lowest BCUT2D eigenvalue weighted by Gasteiger charge is -2.37. The van der Waals surface area contributed by atoms with Gasteiger partial charge in [-0.25, -0.2) is 0 Å². The molecule has 0 fully saturated rings. The topological polar surface area (TPSA) is 39.4 Å². The number of fused-ring (bicyclic) bond motifs is 1. The van der Waals surface area contributed by atoms with E-state index < -0.39 is 0 Å². The third-order valence-corrected chi connectivity index (χ3v) is 6.43. The lowest BCUT2D eigenvalue weighted by Crippen LogP contribution is -2.28. The molecule has 0 saturated heterocycles. The van der Waals surface area contributed by atoms with Crippen LogP contribution < -0.4 is 0 Å². The van der Waals surface area contributed by atoms with Crippen molar-refractivity contribution in [1.82, 2.24) is 0 Å². The molecule has 0 aliphatic carbocycles. The van der Waals surface area contributed by atoms with E-state index in [9.17, 15) is 4.79 Å². The van der Waals surface area contributed by atoms with Crippen molar-refractivity contribution in [2.24, 2.45) is 0 Å². The van der Waals surface area contributed by atoms with E-state index in [1.54, 1.807) is 19.1 Å². The first-order valence-corrected chi connectivity index (χ1v) is 10.6. The maximum atomic E-state index is 11.5. The zero-order valence-electron chi connectivity index (χ0n) is 16.3. The van der Waals surface area contributed by atoms with E-state index in [1.165, 1.54) is 22.6 Å². The first kappa shape index (κ1) is 19.6. The van der Waals surface area contributed by atoms with Gasteiger partial charge in [-0.1, -0.05) is 19.8 Å². The van der Waals surface area contributed by atoms with E-state index in [1.807, 2.05) is 11.8 Å². The lowest BCUT2D eigenvalue weighted by molar-refractivity contribution is -0.142. The van der Waals surface area contributed by atoms with Gasteiger partial charge in [0, 0.05) is 10.5 Å². The van der Waals surface area contributed by atoms with Crippen LogP contribution in [-0.4, -0.2) is 18.3 Å². The largest absolute Gasteiger partial charge is 0.466 e. The van der Waals surface area contributed by atoms with Crippen molar-refractivity contribution in [3.63, 3.8) is 0 Å². The molecule has 0 amide bonds. The predicted molar refractivity (Wildman–Crippen MR) is 109 cm³/mol. The SMILES string of the molecule is CCOC(=O)Cc1ccc(C#Cc2ccc3c(c2)C(CC)(CC)CCS3)o1. The van der Waals surface area contributed by atoms with E-state index in [0.29, 0.717) is 18.1 Å². The van der Waals surface area contributed by atoms with Gasteiger partial charge >= 0.3 is 5.97 Å². The Morgan fingerprint density at radius 1 is 1.19 bits per heavy atom. The van der Waals surface area contributed by atoms with Gasteiger partial charge < -0.3 is 9.15 Å². The summed E-state index contributed by atoms with van der Waals surface area (Å²) in [5.74, 6) is 8.35. The molecule has 0 atom stereocenters. The first-order valence-electron chi connectivity index (χ1n) is 9.64. The average Bonchev–Trinajstić information content (AvgIpc) is 3.13. The summed E-state index contributed by atoms with van der Waals surface area (Å²) in [5, 5.41) is 0. The zero-order valence-corrected chi connectivity index (χ0v) is 17.1. The molecule has 0 N–H and O–H groups in total. The standard InChI is InChI=1S/C23H26O3S/c1-4-23(5-2)13-14-27-21-12-8-17(15-20(21)23)7-9-18-10-11-19(26-18)16-22(24)25-6-3/h8,10-12,15H,4-6,13-14,16H2,1-3H3. The molecule has 0 unspecified atom stereocenters. The maximum Gasteiger partial charge on any atom is 0.313 e. The third-order valence-electron chi connectivity index (χ3n) is 5.36. The summed E-state index contributed by atoms with van der Waals surface area (Å²) in [4.78, 5) is 12.9. The summed E-state index contributed by atoms with van der Waals surface area (Å²) in [6.45, 7) is 6.74. The minimum Gasteiger partial charge on any atom is -0.466 e. The third kappa shape index (κ3) is 4.42. The summed E-state index contributed by atoms with van der Waals surface area (Å²) in [7, 11) is 0. The number of hydrogen-bond donors (Lipinski definition) is 0. The van der Waals surface area contributed by atoms with Gasteiger partial charge in [0.2, 0.25) is 0 Å². The van der Waals surface area contributed by atoms with Gasteiger partial charge in [-0.3, -0.25) is 4.79 Å². The Balaban J connectivity index is 1.80. The Labute approximate surface area is 165 Å². The monoisotopic (exact) mass is 382 g/mol. The van der Waals surface area contributed by atoms with Crippen molar-refractivity contribution >= 4 is 17.7 Å². The number of carbonyl (C=O) groups excluding carboxylic acids is 1. The number of esters is 1. The van der Waals surface area contributed by atoms with E-state index in [0.717, 1.165) is 18.4 Å². The van der Waals surface area contributed by atoms with E-state index >= 15 is 0 Å². The summed E-state index contributed by atoms with van der Waals surface area (Å²) in [6, 6.07) is 10.1. The highest BCUT2D eigenvalue weighted by Crippen LogP contribution is 2.46. The second-order valence-corrected chi connectivity index (χ2v) is 7.93. The molecule has 4 heteroatoms. The van der Waals surface area contributed by atoms with Gasteiger partial charge in [-0.05, 0) is 79.2 Å². The van der Waals surface area contributed by atoms with E-state index in [-0.39, 0.29) is 17.8 Å². The first-order chi connectivity index (χ1) is 13.1. The number of thioether (sulfide) groups is 1. The quantitative estimate of drug-likeness (QED) is 0.517. The van der Waals surface area contributed by atoms with Crippen LogP contribution in [0.2, 0.25) is 0 Å². The highest BCUT2D eigenvalue weighted by atomic mass is 32.2. The molecule has 1 aromatic carbocycles. The van der Waals surface area contributed by atoms with Gasteiger partial charge in [0.15, 0.2) is 5.76 Å². The smallest absolute Gasteiger partial charge is 0.313 e. The minimum absolute atomic E-state index is 0.140. The molecule has 0 saturated carbocycles. The molecule has 0 radical (unpaired) electrons. The van der Waals surface area contributed by atoms with E-state index in [2.05, 4.69) is 43.9 Å². The number of benzene rings is 1. The molecule has 142 valence electrons. The Morgan fingerprint density at radius 3 is 2.74 bits per heavy atom. The second kappa shape index (κ2) is 8.71. The van der Waals surface area contributed by atoms with Gasteiger partial charge in [-0.2, -0.15) is 0 Å². The van der Waals surface area contributed by atoms with Gasteiger partial charge in [0.05, 0.1) is 6.61 Å². The Bertz CT molecular complexity index is 865. The fourth-order valence-electron chi connectivity index (χ4n) is 3.65. The fourth-order valence-corrected chi connectivity index (χ4v) is 4.96. The van der Waals surface area contributed by atoms with Gasteiger partial charge in [0.25, 0.3) is 0 Å². The molecular formula is C23H26O3S. The molecular weight excluding hydrogens is 356 g/mol. The number of rotatable bonds is 5. The molecule has 3 nitrogen and oxygen atoms in total. The predicted octanol–water partition coefficient (Wildman–Crippen LogP) is 5.34. The molecule has 0 spiro atoms. The minimum atomic E-state index is -0.283. The molecule has 2 aromatic rings. The van der Waals surface area contributed by atoms with Gasteiger partial charge in [-0.15, -0.1) is 11.8 Å². The van der Waals surface area contributed by atoms with Crippen LogP contribution in [0.5, 0.6) is 0 Å². The Hall–Kier alpha value is -2.12. The molecule has 1 aliphatic heterocycles. The van der Waals surface area contributed by atoms with Crippen LogP contribution >= 0.6 is 11.8 Å². The summed E-state index contributed by atoms with van der Waals surface area (Å²) >= 11 is 1.95. The molecule has 0 bridgehead atoms. The number of carbonyl (C=O) groups is 1. The highest BCUT2D eigenvalue weighted by molar-refractivity contribution is 7.99. The lowest BCUT2D eigenvalue weighted by atomic mass is 9.73. The Morgan fingerprint density at radius 2 is 2.00 bits per heavy atom. The van der Waals surface area contributed by atoms with Crippen LogP contribution in [0.25, 0.3) is 0 Å². The van der Waals surface area contributed by atoms with Crippen LogP contribution in [0, 0.1) is 11.8 Å². The number of ether oxygens (including phenoxy) is 1. The van der Waals surface area contributed by atoms with E-state index in [4.69, 9.17) is 9.15 Å². The van der Waals surface area contributed by atoms with Crippen molar-refractivity contribution in [3.8, 4) is 11.8 Å². The highest BCUT2D eigenvalue weighted by Gasteiger charge is 2.33. The summed E-state index contributed by atoms with van der Waals surface area (Å²) < 4.78 is 10.6. The van der Waals surface area contributed by atoms with Crippen molar-refractivity contribution in [2.75, 3.05) is 12.4 Å². The summed E-state index contributed by atoms with van der Waals surface area (Å²) in [5.41, 5.74) is 2.72. The van der Waals surface area contributed by atoms with Crippen LogP contribution in [0.15, 0.2) is 39.6 Å². The fraction of sp³-hybridized carbons (Fsp3) is 0.435. The van der Waals surface area contributed by atoms with Crippen molar-refractivity contribution in [1.29, 1.82) is 0 Å². The zero-order chi connectivity index (χ0) is 19.3. The number of furan rings is 1. The normalized spacial score (nSPS) is 14.8. The molecule has 2 heterocycles. The molecule has 27 heavy (non-hydrogen) atoms. The second-order valence-electron chi connectivity index (χ2n) is 6.79. The van der Waals surface area contributed by atoms with Crippen LogP contribution in [0.3, 0.4) is 0 Å². The van der Waals surface area contributed by atoms with Crippen LogP contribution in [0.1, 0.15) is 62.7 Å². The Kier molecular flexibility index (Phi) is 6.34. The van der Waals surface area contributed by atoms with Gasteiger partial charge in [0.1, 0.15) is 12.2 Å². The average molecular weight is 383 g/mol. The van der Waals surface area contributed by atoms with Crippen LogP contribution in [-0.2, 0) is 21.4 Å². The maximum absolute atomic E-state index is 11.5. The number of hydrogen-bond acceptors (Lipinski definition) is 4. The molecule has 1 aliphatic rings. The van der Waals surface area contributed by atoms with Crippen molar-refractivity contribution < 1.29 is 13.9 Å². The molecule has 1 aromatic heterocycles. The summed E-state index contributed by atoms with van der Waals surface area (Å²) in [6.07, 6.45) is 3.68. The molecule has 3 rings (SSSR count).